The number of rotatable bonds is 2. The van der Waals surface area contributed by atoms with Crippen LogP contribution in [0.1, 0.15) is 20.8 Å². The highest BCUT2D eigenvalue weighted by Crippen LogP contribution is 2.04. The van der Waals surface area contributed by atoms with Gasteiger partial charge in [-0.05, 0) is 20.8 Å². The molecule has 1 aliphatic rings. The van der Waals surface area contributed by atoms with Gasteiger partial charge in [-0.15, -0.1) is 0 Å². The van der Waals surface area contributed by atoms with Crippen molar-refractivity contribution in [1.82, 2.24) is 0 Å². The molecule has 0 bridgehead atoms. The lowest BCUT2D eigenvalue weighted by Gasteiger charge is -2.00. The molecule has 0 amide bonds. The summed E-state index contributed by atoms with van der Waals surface area (Å²) in [6, 6.07) is 0. The first-order valence-corrected chi connectivity index (χ1v) is 4.00. The average Bonchev–Trinajstić information content (AvgIpc) is 2.33. The molecule has 0 fully saturated rings. The fraction of sp³-hybridized carbons (Fsp3) is 0.875. The number of ether oxygens (including phenoxy) is 1. The number of hydrogen-bond donors (Lipinski definition) is 0. The molecule has 0 N–H and O–H groups in total. The van der Waals surface area contributed by atoms with Crippen LogP contribution in [-0.2, 0) is 4.74 Å². The van der Waals surface area contributed by atoms with Crippen molar-refractivity contribution >= 4 is 5.90 Å². The molecule has 0 aliphatic carbocycles. The minimum atomic E-state index is 0.544. The zero-order valence-electron chi connectivity index (χ0n) is 7.05. The van der Waals surface area contributed by atoms with Crippen molar-refractivity contribution < 1.29 is 9.31 Å². The van der Waals surface area contributed by atoms with Gasteiger partial charge in [-0.25, -0.2) is 0 Å². The molecule has 0 atom stereocenters. The summed E-state index contributed by atoms with van der Waals surface area (Å²) in [6.07, 6.45) is 0. The van der Waals surface area contributed by atoms with E-state index >= 15 is 0 Å². The van der Waals surface area contributed by atoms with Crippen molar-refractivity contribution in [2.45, 2.75) is 20.8 Å². The molecule has 0 unspecified atom stereocenters. The van der Waals surface area contributed by atoms with E-state index in [1.165, 1.54) is 5.90 Å². The first-order valence-electron chi connectivity index (χ1n) is 4.00. The molecule has 1 rings (SSSR count). The normalized spacial score (nSPS) is 18.4. The Morgan fingerprint density at radius 2 is 2.30 bits per heavy atom. The van der Waals surface area contributed by atoms with Gasteiger partial charge in [0.25, 0.3) is 0 Å². The Hall–Kier alpha value is -0.530. The number of nitrogens with zero attached hydrogens (tertiary/aromatic N) is 1. The lowest BCUT2D eigenvalue weighted by molar-refractivity contribution is -0.516. The van der Waals surface area contributed by atoms with Crippen LogP contribution in [-0.4, -0.2) is 30.2 Å². The van der Waals surface area contributed by atoms with E-state index in [1.807, 2.05) is 0 Å². The highest BCUT2D eigenvalue weighted by molar-refractivity contribution is 5.73. The standard InChI is InChI=1S/C8H16NO/c1-4-9-5-6-10-8(9)7(2)3/h7H,4-6H2,1-3H3/q+1. The van der Waals surface area contributed by atoms with Crippen molar-refractivity contribution in [1.29, 1.82) is 0 Å². The van der Waals surface area contributed by atoms with Crippen LogP contribution in [0.15, 0.2) is 0 Å². The van der Waals surface area contributed by atoms with Crippen molar-refractivity contribution in [3.63, 3.8) is 0 Å². The Morgan fingerprint density at radius 1 is 1.60 bits per heavy atom. The fourth-order valence-corrected chi connectivity index (χ4v) is 1.31. The molecule has 0 aromatic heterocycles. The maximum absolute atomic E-state index is 5.46. The minimum Gasteiger partial charge on any atom is -0.441 e. The second-order valence-corrected chi connectivity index (χ2v) is 2.92. The Morgan fingerprint density at radius 3 is 2.70 bits per heavy atom. The van der Waals surface area contributed by atoms with E-state index in [2.05, 4.69) is 25.3 Å². The van der Waals surface area contributed by atoms with Crippen LogP contribution in [0.25, 0.3) is 0 Å². The highest BCUT2D eigenvalue weighted by Gasteiger charge is 2.24. The molecule has 0 saturated heterocycles. The molecule has 0 aromatic carbocycles. The molecule has 10 heavy (non-hydrogen) atoms. The van der Waals surface area contributed by atoms with E-state index < -0.39 is 0 Å². The molecule has 0 aromatic rings. The van der Waals surface area contributed by atoms with Crippen LogP contribution in [0.2, 0.25) is 0 Å². The van der Waals surface area contributed by atoms with Crippen molar-refractivity contribution in [3.8, 4) is 0 Å². The third kappa shape index (κ3) is 1.31. The Labute approximate surface area is 62.5 Å². The summed E-state index contributed by atoms with van der Waals surface area (Å²) in [5, 5.41) is 0. The molecule has 1 aliphatic heterocycles. The first-order chi connectivity index (χ1) is 4.75. The minimum absolute atomic E-state index is 0.544. The third-order valence-electron chi connectivity index (χ3n) is 1.80. The largest absolute Gasteiger partial charge is 0.441 e. The van der Waals surface area contributed by atoms with Crippen LogP contribution >= 0.6 is 0 Å². The van der Waals surface area contributed by atoms with Crippen molar-refractivity contribution in [2.24, 2.45) is 5.92 Å². The Balaban J connectivity index is 2.68. The van der Waals surface area contributed by atoms with Crippen molar-refractivity contribution in [3.05, 3.63) is 0 Å². The monoisotopic (exact) mass is 142 g/mol. The second-order valence-electron chi connectivity index (χ2n) is 2.92. The lowest BCUT2D eigenvalue weighted by Crippen LogP contribution is -2.19. The summed E-state index contributed by atoms with van der Waals surface area (Å²) in [6.45, 7) is 9.53. The van der Waals surface area contributed by atoms with Crippen LogP contribution in [0.3, 0.4) is 0 Å². The third-order valence-corrected chi connectivity index (χ3v) is 1.80. The van der Waals surface area contributed by atoms with E-state index in [0.717, 1.165) is 19.7 Å². The molecule has 0 saturated carbocycles. The zero-order chi connectivity index (χ0) is 7.56. The van der Waals surface area contributed by atoms with E-state index in [0.29, 0.717) is 5.92 Å². The van der Waals surface area contributed by atoms with Crippen LogP contribution in [0.5, 0.6) is 0 Å². The van der Waals surface area contributed by atoms with Crippen LogP contribution in [0, 0.1) is 5.92 Å². The average molecular weight is 142 g/mol. The molecule has 2 nitrogen and oxygen atoms in total. The summed E-state index contributed by atoms with van der Waals surface area (Å²) in [4.78, 5) is 0. The van der Waals surface area contributed by atoms with Gasteiger partial charge in [-0.1, -0.05) is 0 Å². The topological polar surface area (TPSA) is 12.2 Å². The SMILES string of the molecule is CC[N+]1=C(C(C)C)OCC1. The molecular formula is C8H16NO+. The van der Waals surface area contributed by atoms with Crippen LogP contribution < -0.4 is 0 Å². The maximum atomic E-state index is 5.46. The fourth-order valence-electron chi connectivity index (χ4n) is 1.31. The summed E-state index contributed by atoms with van der Waals surface area (Å²) < 4.78 is 7.76. The molecule has 0 radical (unpaired) electrons. The van der Waals surface area contributed by atoms with E-state index in [-0.39, 0.29) is 0 Å². The molecule has 58 valence electrons. The summed E-state index contributed by atoms with van der Waals surface area (Å²) in [7, 11) is 0. The van der Waals surface area contributed by atoms with Gasteiger partial charge in [0, 0.05) is 0 Å². The number of hydrogen-bond acceptors (Lipinski definition) is 1. The Kier molecular flexibility index (Phi) is 2.30. The number of likely N-dealkylation sites (N-methyl/N-ethyl adjacent to an activating group) is 1. The van der Waals surface area contributed by atoms with Gasteiger partial charge in [0.1, 0.15) is 6.54 Å². The molecule has 0 spiro atoms. The molecule has 2 heteroatoms. The molecular weight excluding hydrogens is 126 g/mol. The van der Waals surface area contributed by atoms with Gasteiger partial charge in [-0.3, -0.25) is 0 Å². The highest BCUT2D eigenvalue weighted by atomic mass is 16.5. The van der Waals surface area contributed by atoms with Crippen molar-refractivity contribution in [2.75, 3.05) is 19.7 Å². The van der Waals surface area contributed by atoms with Gasteiger partial charge in [0.2, 0.25) is 0 Å². The quantitative estimate of drug-likeness (QED) is 0.526. The first kappa shape index (κ1) is 7.58. The van der Waals surface area contributed by atoms with Crippen LogP contribution in [0.4, 0.5) is 0 Å². The second kappa shape index (κ2) is 3.04. The van der Waals surface area contributed by atoms with Gasteiger partial charge < -0.3 is 4.74 Å². The van der Waals surface area contributed by atoms with E-state index in [9.17, 15) is 0 Å². The predicted octanol–water partition coefficient (Wildman–Crippen LogP) is 1.10. The van der Waals surface area contributed by atoms with E-state index in [4.69, 9.17) is 4.74 Å². The maximum Gasteiger partial charge on any atom is 0.339 e. The predicted molar refractivity (Wildman–Crippen MR) is 41.5 cm³/mol. The summed E-state index contributed by atoms with van der Waals surface area (Å²) >= 11 is 0. The van der Waals surface area contributed by atoms with Gasteiger partial charge in [-0.2, -0.15) is 4.58 Å². The zero-order valence-corrected chi connectivity index (χ0v) is 7.05. The Bertz CT molecular complexity index is 149. The smallest absolute Gasteiger partial charge is 0.339 e. The van der Waals surface area contributed by atoms with Gasteiger partial charge in [0.05, 0.1) is 5.92 Å². The van der Waals surface area contributed by atoms with Gasteiger partial charge >= 0.3 is 5.90 Å². The summed E-state index contributed by atoms with van der Waals surface area (Å²) in [5.74, 6) is 1.71. The molecule has 1 heterocycles. The summed E-state index contributed by atoms with van der Waals surface area (Å²) in [5.41, 5.74) is 0. The van der Waals surface area contributed by atoms with Gasteiger partial charge in [0.15, 0.2) is 13.2 Å². The lowest BCUT2D eigenvalue weighted by atomic mass is 10.2. The van der Waals surface area contributed by atoms with E-state index in [1.54, 1.807) is 0 Å².